The molecule has 0 spiro atoms. The molecule has 1 unspecified atom stereocenters. The van der Waals surface area contributed by atoms with Crippen molar-refractivity contribution in [3.63, 3.8) is 0 Å². The maximum Gasteiger partial charge on any atom is 0.236 e. The molecule has 1 aromatic rings. The van der Waals surface area contributed by atoms with Crippen molar-refractivity contribution in [1.29, 1.82) is 0 Å². The number of hydrogen-bond acceptors (Lipinski definition) is 4. The third-order valence-electron chi connectivity index (χ3n) is 1.75. The number of aryl methyl sites for hydroxylation is 1. The Bertz CT molecular complexity index is 269. The fourth-order valence-corrected chi connectivity index (χ4v) is 0.966. The molecule has 0 aliphatic carbocycles. The van der Waals surface area contributed by atoms with Crippen molar-refractivity contribution in [2.24, 2.45) is 5.73 Å². The Morgan fingerprint density at radius 1 is 1.71 bits per heavy atom. The predicted molar refractivity (Wildman–Crippen MR) is 51.3 cm³/mol. The molecule has 0 aliphatic rings. The van der Waals surface area contributed by atoms with Crippen LogP contribution in [0, 0.1) is 0 Å². The number of aromatic nitrogens is 3. The SMILES string of the molecule is CC(N)C(=O)NCCCn1ccnn1. The third kappa shape index (κ3) is 3.53. The highest BCUT2D eigenvalue weighted by Gasteiger charge is 2.04. The molecule has 1 atom stereocenters. The second kappa shape index (κ2) is 5.33. The Labute approximate surface area is 82.5 Å². The summed E-state index contributed by atoms with van der Waals surface area (Å²) in [5.74, 6) is -0.122. The van der Waals surface area contributed by atoms with Crippen molar-refractivity contribution in [1.82, 2.24) is 20.3 Å². The van der Waals surface area contributed by atoms with E-state index in [1.54, 1.807) is 24.0 Å². The predicted octanol–water partition coefficient (Wildman–Crippen LogP) is -0.868. The van der Waals surface area contributed by atoms with E-state index in [1.165, 1.54) is 0 Å². The molecule has 6 heteroatoms. The summed E-state index contributed by atoms with van der Waals surface area (Å²) in [6, 6.07) is -0.443. The van der Waals surface area contributed by atoms with Crippen molar-refractivity contribution in [3.05, 3.63) is 12.4 Å². The van der Waals surface area contributed by atoms with Gasteiger partial charge in [-0.2, -0.15) is 0 Å². The number of carbonyl (C=O) groups is 1. The van der Waals surface area contributed by atoms with Gasteiger partial charge in [0, 0.05) is 19.3 Å². The number of nitrogens with two attached hydrogens (primary N) is 1. The summed E-state index contributed by atoms with van der Waals surface area (Å²) in [5.41, 5.74) is 5.37. The van der Waals surface area contributed by atoms with Gasteiger partial charge in [-0.1, -0.05) is 5.21 Å². The molecule has 1 aromatic heterocycles. The van der Waals surface area contributed by atoms with E-state index in [0.29, 0.717) is 6.54 Å². The fourth-order valence-electron chi connectivity index (χ4n) is 0.966. The fraction of sp³-hybridized carbons (Fsp3) is 0.625. The van der Waals surface area contributed by atoms with E-state index in [1.807, 2.05) is 0 Å². The summed E-state index contributed by atoms with van der Waals surface area (Å²) in [7, 11) is 0. The Kier molecular flexibility index (Phi) is 4.06. The molecule has 0 radical (unpaired) electrons. The normalized spacial score (nSPS) is 12.4. The summed E-state index contributed by atoms with van der Waals surface area (Å²) in [5, 5.41) is 10.2. The first kappa shape index (κ1) is 10.6. The first-order valence-corrected chi connectivity index (χ1v) is 4.57. The van der Waals surface area contributed by atoms with E-state index >= 15 is 0 Å². The first-order valence-electron chi connectivity index (χ1n) is 4.57. The van der Waals surface area contributed by atoms with Crippen LogP contribution in [0.5, 0.6) is 0 Å². The van der Waals surface area contributed by atoms with Gasteiger partial charge >= 0.3 is 0 Å². The van der Waals surface area contributed by atoms with Crippen LogP contribution in [0.1, 0.15) is 13.3 Å². The molecule has 3 N–H and O–H groups in total. The van der Waals surface area contributed by atoms with E-state index in [0.717, 1.165) is 13.0 Å². The average molecular weight is 197 g/mol. The average Bonchev–Trinajstić information content (AvgIpc) is 2.64. The largest absolute Gasteiger partial charge is 0.355 e. The van der Waals surface area contributed by atoms with Crippen LogP contribution in [0.2, 0.25) is 0 Å². The van der Waals surface area contributed by atoms with Crippen molar-refractivity contribution >= 4 is 5.91 Å². The van der Waals surface area contributed by atoms with Gasteiger partial charge in [0.05, 0.1) is 12.2 Å². The van der Waals surface area contributed by atoms with Crippen LogP contribution >= 0.6 is 0 Å². The maximum absolute atomic E-state index is 11.0. The zero-order chi connectivity index (χ0) is 10.4. The van der Waals surface area contributed by atoms with Gasteiger partial charge in [0.25, 0.3) is 0 Å². The monoisotopic (exact) mass is 197 g/mol. The summed E-state index contributed by atoms with van der Waals surface area (Å²) < 4.78 is 1.72. The van der Waals surface area contributed by atoms with E-state index < -0.39 is 6.04 Å². The Morgan fingerprint density at radius 2 is 2.50 bits per heavy atom. The molecular formula is C8H15N5O. The van der Waals surface area contributed by atoms with Gasteiger partial charge in [-0.25, -0.2) is 0 Å². The molecule has 0 aromatic carbocycles. The highest BCUT2D eigenvalue weighted by Crippen LogP contribution is 1.86. The van der Waals surface area contributed by atoms with Crippen LogP contribution in [-0.4, -0.2) is 33.5 Å². The number of carbonyl (C=O) groups excluding carboxylic acids is 1. The van der Waals surface area contributed by atoms with Crippen LogP contribution in [0.25, 0.3) is 0 Å². The molecule has 0 saturated heterocycles. The summed E-state index contributed by atoms with van der Waals surface area (Å²) in [4.78, 5) is 11.0. The van der Waals surface area contributed by atoms with Crippen molar-refractivity contribution < 1.29 is 4.79 Å². The highest BCUT2D eigenvalue weighted by molar-refractivity contribution is 5.80. The van der Waals surface area contributed by atoms with Crippen molar-refractivity contribution in [3.8, 4) is 0 Å². The van der Waals surface area contributed by atoms with Crippen LogP contribution in [0.3, 0.4) is 0 Å². The van der Waals surface area contributed by atoms with Gasteiger partial charge in [-0.3, -0.25) is 9.48 Å². The summed E-state index contributed by atoms with van der Waals surface area (Å²) >= 11 is 0. The number of rotatable bonds is 5. The topological polar surface area (TPSA) is 85.8 Å². The van der Waals surface area contributed by atoms with E-state index in [9.17, 15) is 4.79 Å². The number of amides is 1. The molecule has 1 rings (SSSR count). The van der Waals surface area contributed by atoms with Gasteiger partial charge in [-0.05, 0) is 13.3 Å². The minimum Gasteiger partial charge on any atom is -0.355 e. The molecule has 1 heterocycles. The molecule has 1 amide bonds. The van der Waals surface area contributed by atoms with Gasteiger partial charge in [0.2, 0.25) is 5.91 Å². The summed E-state index contributed by atoms with van der Waals surface area (Å²) in [6.07, 6.45) is 4.23. The number of nitrogens with one attached hydrogen (secondary N) is 1. The lowest BCUT2D eigenvalue weighted by atomic mass is 10.3. The Morgan fingerprint density at radius 3 is 3.07 bits per heavy atom. The van der Waals surface area contributed by atoms with E-state index in [2.05, 4.69) is 15.6 Å². The second-order valence-corrected chi connectivity index (χ2v) is 3.10. The minimum atomic E-state index is -0.443. The highest BCUT2D eigenvalue weighted by atomic mass is 16.2. The number of hydrogen-bond donors (Lipinski definition) is 2. The standard InChI is InChI=1S/C8H15N5O/c1-7(9)8(14)10-3-2-5-13-6-4-11-12-13/h4,6-7H,2-3,5,9H2,1H3,(H,10,14). The maximum atomic E-state index is 11.0. The molecule has 0 aliphatic heterocycles. The van der Waals surface area contributed by atoms with E-state index in [4.69, 9.17) is 5.73 Å². The van der Waals surface area contributed by atoms with Crippen molar-refractivity contribution in [2.75, 3.05) is 6.54 Å². The van der Waals surface area contributed by atoms with Crippen LogP contribution < -0.4 is 11.1 Å². The lowest BCUT2D eigenvalue weighted by Gasteiger charge is -2.06. The second-order valence-electron chi connectivity index (χ2n) is 3.10. The Hall–Kier alpha value is -1.43. The lowest BCUT2D eigenvalue weighted by molar-refractivity contribution is -0.121. The van der Waals surface area contributed by atoms with Crippen molar-refractivity contribution in [2.45, 2.75) is 25.9 Å². The first-order chi connectivity index (χ1) is 6.70. The molecule has 0 bridgehead atoms. The third-order valence-corrected chi connectivity index (χ3v) is 1.75. The minimum absolute atomic E-state index is 0.122. The van der Waals surface area contributed by atoms with Gasteiger partial charge in [0.1, 0.15) is 0 Å². The molecule has 78 valence electrons. The molecular weight excluding hydrogens is 182 g/mol. The van der Waals surface area contributed by atoms with Crippen LogP contribution in [0.15, 0.2) is 12.4 Å². The number of nitrogens with zero attached hydrogens (tertiary/aromatic N) is 3. The summed E-state index contributed by atoms with van der Waals surface area (Å²) in [6.45, 7) is 3.02. The zero-order valence-electron chi connectivity index (χ0n) is 8.18. The van der Waals surface area contributed by atoms with E-state index in [-0.39, 0.29) is 5.91 Å². The molecule has 14 heavy (non-hydrogen) atoms. The smallest absolute Gasteiger partial charge is 0.236 e. The van der Waals surface area contributed by atoms with Gasteiger partial charge in [-0.15, -0.1) is 5.10 Å². The van der Waals surface area contributed by atoms with Crippen LogP contribution in [-0.2, 0) is 11.3 Å². The molecule has 0 fully saturated rings. The van der Waals surface area contributed by atoms with Gasteiger partial charge in [0.15, 0.2) is 0 Å². The zero-order valence-corrected chi connectivity index (χ0v) is 8.18. The molecule has 6 nitrogen and oxygen atoms in total. The quantitative estimate of drug-likeness (QED) is 0.601. The lowest BCUT2D eigenvalue weighted by Crippen LogP contribution is -2.38. The van der Waals surface area contributed by atoms with Gasteiger partial charge < -0.3 is 11.1 Å². The van der Waals surface area contributed by atoms with Crippen LogP contribution in [0.4, 0.5) is 0 Å². The Balaban J connectivity index is 2.08. The molecule has 0 saturated carbocycles.